The van der Waals surface area contributed by atoms with E-state index in [1.165, 1.54) is 16.3 Å². The third-order valence-corrected chi connectivity index (χ3v) is 10.1. The van der Waals surface area contributed by atoms with Crippen LogP contribution in [0.5, 0.6) is 0 Å². The molecule has 0 aliphatic heterocycles. The van der Waals surface area contributed by atoms with E-state index in [1.54, 1.807) is 4.90 Å². The van der Waals surface area contributed by atoms with E-state index in [1.807, 2.05) is 103 Å². The molecule has 7 nitrogen and oxygen atoms in total. The number of nitrogen functional groups attached to an aromatic ring is 1. The first kappa shape index (κ1) is 40.2. The molecule has 0 radical (unpaired) electrons. The first-order valence-corrected chi connectivity index (χ1v) is 19.9. The van der Waals surface area contributed by atoms with Crippen molar-refractivity contribution < 1.29 is 19.0 Å². The Hall–Kier alpha value is -5.47. The van der Waals surface area contributed by atoms with Gasteiger partial charge in [0.25, 0.3) is 0 Å². The molecule has 6 aromatic rings. The fourth-order valence-corrected chi connectivity index (χ4v) is 7.09. The minimum atomic E-state index is -0.757. The summed E-state index contributed by atoms with van der Waals surface area (Å²) in [5.41, 5.74) is 12.1. The Morgan fingerprint density at radius 1 is 0.643 bits per heavy atom. The number of hydrogen-bond acceptors (Lipinski definition) is 6. The Morgan fingerprint density at radius 3 is 1.89 bits per heavy atom. The van der Waals surface area contributed by atoms with Gasteiger partial charge in [-0.15, -0.1) is 0 Å². The second-order valence-electron chi connectivity index (χ2n) is 14.3. The van der Waals surface area contributed by atoms with E-state index in [9.17, 15) is 4.79 Å². The van der Waals surface area contributed by atoms with Crippen LogP contribution < -0.4 is 11.1 Å². The van der Waals surface area contributed by atoms with E-state index >= 15 is 0 Å². The van der Waals surface area contributed by atoms with E-state index in [2.05, 4.69) is 66.8 Å². The maximum Gasteiger partial charge on any atom is 0.412 e. The summed E-state index contributed by atoms with van der Waals surface area (Å²) in [6.07, 6.45) is 1.38. The molecule has 0 aliphatic carbocycles. The van der Waals surface area contributed by atoms with Gasteiger partial charge in [-0.05, 0) is 88.9 Å². The second-order valence-corrected chi connectivity index (χ2v) is 14.3. The van der Waals surface area contributed by atoms with Crippen molar-refractivity contribution in [3.63, 3.8) is 0 Å². The zero-order valence-corrected chi connectivity index (χ0v) is 32.5. The van der Waals surface area contributed by atoms with Crippen molar-refractivity contribution in [2.24, 2.45) is 0 Å². The van der Waals surface area contributed by atoms with Crippen LogP contribution in [-0.2, 0) is 40.5 Å². The molecule has 0 spiro atoms. The van der Waals surface area contributed by atoms with Gasteiger partial charge in [-0.25, -0.2) is 4.79 Å². The van der Waals surface area contributed by atoms with Crippen LogP contribution in [0.15, 0.2) is 158 Å². The average molecular weight is 750 g/mol. The van der Waals surface area contributed by atoms with Gasteiger partial charge in [0.1, 0.15) is 12.7 Å². The number of carbonyl (C=O) groups is 1. The van der Waals surface area contributed by atoms with Gasteiger partial charge >= 0.3 is 6.09 Å². The van der Waals surface area contributed by atoms with Crippen LogP contribution in [0.4, 0.5) is 10.5 Å². The van der Waals surface area contributed by atoms with Gasteiger partial charge in [-0.1, -0.05) is 153 Å². The fourth-order valence-electron chi connectivity index (χ4n) is 7.09. The number of rotatable bonds is 21. The minimum Gasteiger partial charge on any atom is -0.444 e. The number of benzene rings is 6. The molecule has 6 rings (SSSR count). The first-order chi connectivity index (χ1) is 27.6. The summed E-state index contributed by atoms with van der Waals surface area (Å²) in [5.74, 6) is 0.193. The summed E-state index contributed by atoms with van der Waals surface area (Å²) in [5, 5.41) is 6.19. The Bertz CT molecular complexity index is 2020. The highest BCUT2D eigenvalue weighted by molar-refractivity contribution is 5.86. The Balaban J connectivity index is 1.35. The molecule has 0 fully saturated rings. The lowest BCUT2D eigenvalue weighted by Crippen LogP contribution is -2.50. The van der Waals surface area contributed by atoms with Gasteiger partial charge in [0.15, 0.2) is 6.23 Å². The normalized spacial score (nSPS) is 12.9. The molecule has 0 saturated heterocycles. The zero-order chi connectivity index (χ0) is 38.8. The predicted octanol–water partition coefficient (Wildman–Crippen LogP) is 10.3. The van der Waals surface area contributed by atoms with E-state index in [0.717, 1.165) is 48.2 Å². The maximum absolute atomic E-state index is 14.4. The van der Waals surface area contributed by atoms with E-state index in [0.29, 0.717) is 38.3 Å². The SMILES string of the molecule is CCCNCC(CCC(OCc1ccccc1)C(OCc1ccccc1)N(CCc1ccc(N)cc1)C(=O)OCc1ccccc1)c1cccc2ccccc12. The van der Waals surface area contributed by atoms with Crippen LogP contribution >= 0.6 is 0 Å². The number of carbonyl (C=O) groups excluding carboxylic acids is 1. The number of amides is 1. The molecule has 56 heavy (non-hydrogen) atoms. The molecule has 0 aliphatic rings. The molecule has 0 saturated carbocycles. The predicted molar refractivity (Wildman–Crippen MR) is 227 cm³/mol. The maximum atomic E-state index is 14.4. The van der Waals surface area contributed by atoms with Crippen molar-refractivity contribution in [3.8, 4) is 0 Å². The fraction of sp³-hybridized carbons (Fsp3) is 0.286. The van der Waals surface area contributed by atoms with E-state index < -0.39 is 18.4 Å². The summed E-state index contributed by atoms with van der Waals surface area (Å²) in [4.78, 5) is 16.2. The van der Waals surface area contributed by atoms with Crippen LogP contribution in [0.25, 0.3) is 10.8 Å². The summed E-state index contributed by atoms with van der Waals surface area (Å²) in [7, 11) is 0. The van der Waals surface area contributed by atoms with E-state index in [-0.39, 0.29) is 12.5 Å². The van der Waals surface area contributed by atoms with Crippen LogP contribution in [-0.4, -0.2) is 43.0 Å². The van der Waals surface area contributed by atoms with Crippen molar-refractivity contribution >= 4 is 22.6 Å². The number of anilines is 1. The molecular formula is C49H55N3O4. The van der Waals surface area contributed by atoms with Crippen LogP contribution in [0.2, 0.25) is 0 Å². The van der Waals surface area contributed by atoms with Gasteiger partial charge < -0.3 is 25.3 Å². The van der Waals surface area contributed by atoms with E-state index in [4.69, 9.17) is 19.9 Å². The molecule has 290 valence electrons. The highest BCUT2D eigenvalue weighted by Gasteiger charge is 2.34. The molecule has 6 aromatic carbocycles. The molecule has 1 amide bonds. The number of nitrogens with one attached hydrogen (secondary N) is 1. The molecule has 0 aromatic heterocycles. The van der Waals surface area contributed by atoms with Crippen molar-refractivity contribution in [1.29, 1.82) is 0 Å². The number of nitrogens with zero attached hydrogens (tertiary/aromatic N) is 1. The van der Waals surface area contributed by atoms with Gasteiger partial charge in [0.05, 0.1) is 13.2 Å². The summed E-state index contributed by atoms with van der Waals surface area (Å²) in [6, 6.07) is 53.0. The summed E-state index contributed by atoms with van der Waals surface area (Å²) < 4.78 is 19.9. The van der Waals surface area contributed by atoms with Crippen molar-refractivity contribution in [2.75, 3.05) is 25.4 Å². The summed E-state index contributed by atoms with van der Waals surface area (Å²) in [6.45, 7) is 5.11. The largest absolute Gasteiger partial charge is 0.444 e. The molecule has 3 N–H and O–H groups in total. The van der Waals surface area contributed by atoms with Crippen LogP contribution in [0, 0.1) is 0 Å². The minimum absolute atomic E-state index is 0.144. The molecule has 3 unspecified atom stereocenters. The van der Waals surface area contributed by atoms with Crippen LogP contribution in [0.3, 0.4) is 0 Å². The third-order valence-electron chi connectivity index (χ3n) is 10.1. The molecule has 7 heteroatoms. The Morgan fingerprint density at radius 2 is 1.23 bits per heavy atom. The highest BCUT2D eigenvalue weighted by atomic mass is 16.6. The number of fused-ring (bicyclic) bond motifs is 1. The second kappa shape index (κ2) is 21.6. The third kappa shape index (κ3) is 12.0. The molecule has 0 heterocycles. The van der Waals surface area contributed by atoms with Gasteiger partial charge in [0.2, 0.25) is 0 Å². The van der Waals surface area contributed by atoms with Crippen LogP contribution in [0.1, 0.15) is 59.9 Å². The van der Waals surface area contributed by atoms with Crippen molar-refractivity contribution in [1.82, 2.24) is 10.2 Å². The zero-order valence-electron chi connectivity index (χ0n) is 32.5. The highest BCUT2D eigenvalue weighted by Crippen LogP contribution is 2.31. The van der Waals surface area contributed by atoms with Crippen molar-refractivity contribution in [3.05, 3.63) is 186 Å². The first-order valence-electron chi connectivity index (χ1n) is 19.9. The van der Waals surface area contributed by atoms with Gasteiger partial charge in [-0.3, -0.25) is 4.90 Å². The lowest BCUT2D eigenvalue weighted by atomic mass is 9.88. The molecular weight excluding hydrogens is 695 g/mol. The number of ether oxygens (including phenoxy) is 3. The number of nitrogens with two attached hydrogens (primary N) is 1. The topological polar surface area (TPSA) is 86.0 Å². The Kier molecular flexibility index (Phi) is 15.5. The lowest BCUT2D eigenvalue weighted by Gasteiger charge is -2.37. The van der Waals surface area contributed by atoms with Gasteiger partial charge in [0, 0.05) is 18.8 Å². The molecule has 0 bridgehead atoms. The quantitative estimate of drug-likeness (QED) is 0.0433. The van der Waals surface area contributed by atoms with Crippen molar-refractivity contribution in [2.45, 2.75) is 70.7 Å². The average Bonchev–Trinajstić information content (AvgIpc) is 3.25. The monoisotopic (exact) mass is 749 g/mol. The smallest absolute Gasteiger partial charge is 0.412 e. The van der Waals surface area contributed by atoms with Gasteiger partial charge in [-0.2, -0.15) is 0 Å². The standard InChI is InChI=1S/C49H55N3O4/c1-2-32-51-34-43(46-24-14-22-42-21-12-13-23-45(42)46)27-30-47(54-35-39-15-6-3-7-16-39)48(55-36-40-17-8-4-9-18-40)52(33-31-38-25-28-44(50)29-26-38)49(53)56-37-41-19-10-5-11-20-41/h3-26,28-29,43,47-48,51H,2,27,30-37,50H2,1H3. The molecule has 3 atom stereocenters. The summed E-state index contributed by atoms with van der Waals surface area (Å²) >= 11 is 0. The number of hydrogen-bond donors (Lipinski definition) is 2. The Labute approximate surface area is 332 Å². The lowest BCUT2D eigenvalue weighted by molar-refractivity contribution is -0.150.